The van der Waals surface area contributed by atoms with E-state index in [1.54, 1.807) is 11.3 Å². The second-order valence-electron chi connectivity index (χ2n) is 6.58. The Morgan fingerprint density at radius 3 is 2.44 bits per heavy atom. The van der Waals surface area contributed by atoms with E-state index < -0.39 is 0 Å². The fourth-order valence-electron chi connectivity index (χ4n) is 3.10. The van der Waals surface area contributed by atoms with Crippen LogP contribution in [0.2, 0.25) is 0 Å². The van der Waals surface area contributed by atoms with Crippen molar-refractivity contribution in [2.24, 2.45) is 0 Å². The van der Waals surface area contributed by atoms with Crippen LogP contribution in [0.3, 0.4) is 0 Å². The minimum atomic E-state index is 0.0803. The van der Waals surface area contributed by atoms with Gasteiger partial charge in [-0.15, -0.1) is 11.3 Å². The molecule has 2 amide bonds. The number of nitrogens with zero attached hydrogens (tertiary/aromatic N) is 2. The van der Waals surface area contributed by atoms with Crippen molar-refractivity contribution in [1.82, 2.24) is 15.1 Å². The van der Waals surface area contributed by atoms with Crippen molar-refractivity contribution in [2.75, 3.05) is 39.3 Å². The molecule has 0 bridgehead atoms. The fraction of sp³-hybridized carbons (Fsp3) is 0.684. The average molecular weight is 366 g/mol. The summed E-state index contributed by atoms with van der Waals surface area (Å²) in [6.07, 6.45) is 4.11. The third-order valence-corrected chi connectivity index (χ3v) is 5.79. The van der Waals surface area contributed by atoms with Crippen molar-refractivity contribution < 1.29 is 9.59 Å². The molecule has 1 aromatic rings. The summed E-state index contributed by atoms with van der Waals surface area (Å²) in [4.78, 5) is 30.9. The number of hydrogen-bond donors (Lipinski definition) is 1. The average Bonchev–Trinajstić information content (AvgIpc) is 3.03. The number of rotatable bonds is 8. The molecule has 0 spiro atoms. The summed E-state index contributed by atoms with van der Waals surface area (Å²) >= 11 is 1.66. The first-order valence-corrected chi connectivity index (χ1v) is 10.3. The van der Waals surface area contributed by atoms with Crippen LogP contribution in [0, 0.1) is 0 Å². The van der Waals surface area contributed by atoms with Gasteiger partial charge in [-0.05, 0) is 30.9 Å². The lowest BCUT2D eigenvalue weighted by atomic mass is 10.1. The van der Waals surface area contributed by atoms with Crippen molar-refractivity contribution in [3.63, 3.8) is 0 Å². The normalized spacial score (nSPS) is 15.4. The van der Waals surface area contributed by atoms with E-state index in [-0.39, 0.29) is 11.8 Å². The monoisotopic (exact) mass is 365 g/mol. The van der Waals surface area contributed by atoms with E-state index in [1.165, 1.54) is 10.4 Å². The zero-order chi connectivity index (χ0) is 18.2. The van der Waals surface area contributed by atoms with Crippen LogP contribution in [-0.4, -0.2) is 60.9 Å². The molecular weight excluding hydrogens is 334 g/mol. The molecule has 2 heterocycles. The van der Waals surface area contributed by atoms with Gasteiger partial charge in [0.05, 0.1) is 11.4 Å². The van der Waals surface area contributed by atoms with Gasteiger partial charge in [-0.2, -0.15) is 0 Å². The van der Waals surface area contributed by atoms with Gasteiger partial charge in [-0.25, -0.2) is 0 Å². The molecular formula is C19H31N3O2S. The highest BCUT2D eigenvalue weighted by molar-refractivity contribution is 7.14. The Kier molecular flexibility index (Phi) is 7.90. The Bertz CT molecular complexity index is 577. The molecule has 1 aromatic heterocycles. The van der Waals surface area contributed by atoms with E-state index in [9.17, 15) is 9.59 Å². The quantitative estimate of drug-likeness (QED) is 0.770. The lowest BCUT2D eigenvalue weighted by molar-refractivity contribution is -0.122. The summed E-state index contributed by atoms with van der Waals surface area (Å²) in [7, 11) is 0. The first kappa shape index (κ1) is 19.9. The summed E-state index contributed by atoms with van der Waals surface area (Å²) < 4.78 is 0. The van der Waals surface area contributed by atoms with E-state index in [1.807, 2.05) is 11.8 Å². The molecule has 5 nitrogen and oxygen atoms in total. The van der Waals surface area contributed by atoms with E-state index in [0.29, 0.717) is 19.6 Å². The smallest absolute Gasteiger partial charge is 0.264 e. The molecule has 1 saturated heterocycles. The van der Waals surface area contributed by atoms with E-state index in [4.69, 9.17) is 0 Å². The number of piperazine rings is 1. The Balaban J connectivity index is 1.87. The number of amides is 2. The summed E-state index contributed by atoms with van der Waals surface area (Å²) in [5.41, 5.74) is 1.32. The molecule has 0 unspecified atom stereocenters. The minimum Gasteiger partial charge on any atom is -0.355 e. The second kappa shape index (κ2) is 9.92. The second-order valence-corrected chi connectivity index (χ2v) is 7.72. The largest absolute Gasteiger partial charge is 0.355 e. The van der Waals surface area contributed by atoms with Crippen molar-refractivity contribution in [1.29, 1.82) is 0 Å². The molecule has 1 N–H and O–H groups in total. The van der Waals surface area contributed by atoms with Gasteiger partial charge in [0, 0.05) is 37.6 Å². The van der Waals surface area contributed by atoms with Gasteiger partial charge in [0.1, 0.15) is 0 Å². The Labute approximate surface area is 155 Å². The van der Waals surface area contributed by atoms with Gasteiger partial charge in [0.15, 0.2) is 0 Å². The lowest BCUT2D eigenvalue weighted by Gasteiger charge is -2.34. The zero-order valence-corrected chi connectivity index (χ0v) is 16.6. The van der Waals surface area contributed by atoms with Crippen LogP contribution in [0.5, 0.6) is 0 Å². The number of aryl methyl sites for hydroxylation is 2. The molecule has 0 radical (unpaired) electrons. The van der Waals surface area contributed by atoms with Crippen LogP contribution >= 0.6 is 11.3 Å². The minimum absolute atomic E-state index is 0.0803. The number of carbonyl (C=O) groups is 2. The van der Waals surface area contributed by atoms with Gasteiger partial charge in [0.2, 0.25) is 5.91 Å². The van der Waals surface area contributed by atoms with Crippen molar-refractivity contribution in [3.8, 4) is 0 Å². The Morgan fingerprint density at radius 1 is 1.12 bits per heavy atom. The van der Waals surface area contributed by atoms with Gasteiger partial charge in [-0.3, -0.25) is 14.5 Å². The lowest BCUT2D eigenvalue weighted by Crippen LogP contribution is -2.51. The predicted octanol–water partition coefficient (Wildman–Crippen LogP) is 2.55. The SMILES string of the molecule is CCCNC(=O)CN1CCN(C(=O)c2cc(CC)c(CCC)s2)CC1. The summed E-state index contributed by atoms with van der Waals surface area (Å²) in [6.45, 7) is 10.5. The van der Waals surface area contributed by atoms with Crippen molar-refractivity contribution in [2.45, 2.75) is 46.5 Å². The maximum absolute atomic E-state index is 12.8. The molecule has 2 rings (SSSR count). The molecule has 0 saturated carbocycles. The van der Waals surface area contributed by atoms with Gasteiger partial charge in [-0.1, -0.05) is 27.2 Å². The molecule has 1 aliphatic rings. The zero-order valence-electron chi connectivity index (χ0n) is 15.8. The van der Waals surface area contributed by atoms with E-state index >= 15 is 0 Å². The van der Waals surface area contributed by atoms with Crippen LogP contribution in [0.15, 0.2) is 6.07 Å². The number of nitrogens with one attached hydrogen (secondary N) is 1. The highest BCUT2D eigenvalue weighted by Crippen LogP contribution is 2.26. The third kappa shape index (κ3) is 5.54. The van der Waals surface area contributed by atoms with Gasteiger partial charge in [0.25, 0.3) is 5.91 Å². The highest BCUT2D eigenvalue weighted by Gasteiger charge is 2.25. The highest BCUT2D eigenvalue weighted by atomic mass is 32.1. The number of thiophene rings is 1. The molecule has 0 atom stereocenters. The van der Waals surface area contributed by atoms with Gasteiger partial charge < -0.3 is 10.2 Å². The topological polar surface area (TPSA) is 52.7 Å². The van der Waals surface area contributed by atoms with E-state index in [0.717, 1.165) is 50.2 Å². The molecule has 25 heavy (non-hydrogen) atoms. The van der Waals surface area contributed by atoms with Gasteiger partial charge >= 0.3 is 0 Å². The summed E-state index contributed by atoms with van der Waals surface area (Å²) in [6, 6.07) is 2.09. The summed E-state index contributed by atoms with van der Waals surface area (Å²) in [5.74, 6) is 0.230. The van der Waals surface area contributed by atoms with Crippen molar-refractivity contribution in [3.05, 3.63) is 21.4 Å². The molecule has 6 heteroatoms. The van der Waals surface area contributed by atoms with Crippen LogP contribution in [0.4, 0.5) is 0 Å². The molecule has 0 aromatic carbocycles. The molecule has 1 aliphatic heterocycles. The number of carbonyl (C=O) groups excluding carboxylic acids is 2. The van der Waals surface area contributed by atoms with Crippen LogP contribution in [-0.2, 0) is 17.6 Å². The van der Waals surface area contributed by atoms with Crippen LogP contribution in [0.25, 0.3) is 0 Å². The van der Waals surface area contributed by atoms with Crippen LogP contribution < -0.4 is 5.32 Å². The predicted molar refractivity (Wildman–Crippen MR) is 103 cm³/mol. The first-order valence-electron chi connectivity index (χ1n) is 9.48. The fourth-order valence-corrected chi connectivity index (χ4v) is 4.42. The summed E-state index contributed by atoms with van der Waals surface area (Å²) in [5, 5.41) is 2.91. The number of hydrogen-bond acceptors (Lipinski definition) is 4. The Morgan fingerprint density at radius 2 is 1.84 bits per heavy atom. The third-order valence-electron chi connectivity index (χ3n) is 4.56. The molecule has 140 valence electrons. The first-order chi connectivity index (χ1) is 12.1. The van der Waals surface area contributed by atoms with Crippen molar-refractivity contribution >= 4 is 23.2 Å². The molecule has 0 aliphatic carbocycles. The maximum atomic E-state index is 12.8. The molecule has 1 fully saturated rings. The Hall–Kier alpha value is -1.40. The van der Waals surface area contributed by atoms with E-state index in [2.05, 4.69) is 30.1 Å². The maximum Gasteiger partial charge on any atom is 0.264 e. The van der Waals surface area contributed by atoms with Crippen LogP contribution in [0.1, 0.15) is 53.7 Å². The standard InChI is InChI=1S/C19H31N3O2S/c1-4-7-16-15(6-3)13-17(25-16)19(24)22-11-9-21(10-12-22)14-18(23)20-8-5-2/h13H,4-12,14H2,1-3H3,(H,20,23).